The van der Waals surface area contributed by atoms with Crippen LogP contribution >= 0.6 is 35.0 Å². The fraction of sp³-hybridized carbons (Fsp3) is 0.353. The lowest BCUT2D eigenvalue weighted by molar-refractivity contribution is -0.124. The summed E-state index contributed by atoms with van der Waals surface area (Å²) in [6, 6.07) is 7.61. The van der Waals surface area contributed by atoms with Crippen molar-refractivity contribution in [3.63, 3.8) is 0 Å². The fourth-order valence-electron chi connectivity index (χ4n) is 2.45. The standard InChI is InChI=1S/C17H18Cl2N4OS/c1-2-3-8-23-15(24)11-25-17(23)20-16-14(19)10-22(21-16)9-12-6-4-5-7-13(12)18/h4-7,10H,2-3,8-9,11H2,1H3. The molecule has 0 N–H and O–H groups in total. The summed E-state index contributed by atoms with van der Waals surface area (Å²) >= 11 is 13.9. The number of halogens is 2. The lowest BCUT2D eigenvalue weighted by atomic mass is 10.2. The van der Waals surface area contributed by atoms with Crippen molar-refractivity contribution >= 4 is 51.9 Å². The zero-order chi connectivity index (χ0) is 17.8. The first kappa shape index (κ1) is 18.3. The van der Waals surface area contributed by atoms with Crippen LogP contribution in [-0.4, -0.2) is 38.1 Å². The molecule has 0 unspecified atom stereocenters. The number of unbranched alkanes of at least 4 members (excludes halogenated alkanes) is 1. The van der Waals surface area contributed by atoms with Crippen LogP contribution in [0.15, 0.2) is 35.5 Å². The maximum Gasteiger partial charge on any atom is 0.239 e. The fourth-order valence-corrected chi connectivity index (χ4v) is 3.75. The third-order valence-electron chi connectivity index (χ3n) is 3.78. The van der Waals surface area contributed by atoms with Crippen molar-refractivity contribution in [3.8, 4) is 0 Å². The number of aromatic nitrogens is 2. The van der Waals surface area contributed by atoms with Crippen LogP contribution in [0.5, 0.6) is 0 Å². The molecule has 25 heavy (non-hydrogen) atoms. The Morgan fingerprint density at radius 3 is 2.84 bits per heavy atom. The van der Waals surface area contributed by atoms with Crippen LogP contribution in [0.4, 0.5) is 5.82 Å². The van der Waals surface area contributed by atoms with Gasteiger partial charge in [-0.2, -0.15) is 5.10 Å². The number of amides is 1. The number of rotatable bonds is 6. The topological polar surface area (TPSA) is 50.5 Å². The first-order chi connectivity index (χ1) is 12.1. The van der Waals surface area contributed by atoms with Crippen molar-refractivity contribution in [1.29, 1.82) is 0 Å². The number of carbonyl (C=O) groups is 1. The van der Waals surface area contributed by atoms with Crippen molar-refractivity contribution in [1.82, 2.24) is 14.7 Å². The van der Waals surface area contributed by atoms with Crippen LogP contribution in [0.25, 0.3) is 0 Å². The highest BCUT2D eigenvalue weighted by atomic mass is 35.5. The molecule has 0 spiro atoms. The van der Waals surface area contributed by atoms with Gasteiger partial charge in [-0.05, 0) is 18.1 Å². The average molecular weight is 397 g/mol. The number of nitrogens with zero attached hydrogens (tertiary/aromatic N) is 4. The van der Waals surface area contributed by atoms with Gasteiger partial charge in [-0.25, -0.2) is 4.99 Å². The van der Waals surface area contributed by atoms with Gasteiger partial charge in [0.05, 0.1) is 12.3 Å². The van der Waals surface area contributed by atoms with Gasteiger partial charge in [-0.3, -0.25) is 14.4 Å². The van der Waals surface area contributed by atoms with E-state index in [2.05, 4.69) is 17.0 Å². The Hall–Kier alpha value is -1.50. The Balaban J connectivity index is 1.80. The predicted octanol–water partition coefficient (Wildman–Crippen LogP) is 4.60. The highest BCUT2D eigenvalue weighted by Gasteiger charge is 2.28. The zero-order valence-electron chi connectivity index (χ0n) is 13.8. The second-order valence-electron chi connectivity index (χ2n) is 5.67. The van der Waals surface area contributed by atoms with Gasteiger partial charge < -0.3 is 0 Å². The van der Waals surface area contributed by atoms with Crippen molar-refractivity contribution in [2.24, 2.45) is 4.99 Å². The molecule has 0 saturated carbocycles. The van der Waals surface area contributed by atoms with E-state index >= 15 is 0 Å². The Kier molecular flexibility index (Phi) is 6.04. The van der Waals surface area contributed by atoms with Gasteiger partial charge in [0.15, 0.2) is 11.0 Å². The molecular weight excluding hydrogens is 379 g/mol. The van der Waals surface area contributed by atoms with Crippen LogP contribution in [0, 0.1) is 0 Å². The number of aliphatic imine (C=N–C) groups is 1. The van der Waals surface area contributed by atoms with Crippen LogP contribution in [0.3, 0.4) is 0 Å². The van der Waals surface area contributed by atoms with E-state index in [1.165, 1.54) is 11.8 Å². The molecule has 1 aliphatic heterocycles. The van der Waals surface area contributed by atoms with Crippen molar-refractivity contribution in [3.05, 3.63) is 46.1 Å². The minimum atomic E-state index is 0.0869. The number of thioether (sulfide) groups is 1. The van der Waals surface area contributed by atoms with Crippen LogP contribution in [0.1, 0.15) is 25.3 Å². The summed E-state index contributed by atoms with van der Waals surface area (Å²) in [6.45, 7) is 3.28. The minimum absolute atomic E-state index is 0.0869. The van der Waals surface area contributed by atoms with Gasteiger partial charge >= 0.3 is 0 Å². The maximum atomic E-state index is 12.0. The molecule has 5 nitrogen and oxygen atoms in total. The highest BCUT2D eigenvalue weighted by molar-refractivity contribution is 8.15. The number of hydrogen-bond acceptors (Lipinski definition) is 4. The lowest BCUT2D eigenvalue weighted by Gasteiger charge is -2.14. The highest BCUT2D eigenvalue weighted by Crippen LogP contribution is 2.28. The monoisotopic (exact) mass is 396 g/mol. The van der Waals surface area contributed by atoms with E-state index in [-0.39, 0.29) is 5.91 Å². The normalized spacial score (nSPS) is 16.2. The summed E-state index contributed by atoms with van der Waals surface area (Å²) in [5.41, 5.74) is 0.956. The molecule has 0 atom stereocenters. The molecule has 132 valence electrons. The molecule has 1 amide bonds. The number of hydrogen-bond donors (Lipinski definition) is 0. The molecule has 3 rings (SSSR count). The summed E-state index contributed by atoms with van der Waals surface area (Å²) < 4.78 is 1.71. The second kappa shape index (κ2) is 8.25. The first-order valence-corrected chi connectivity index (χ1v) is 9.81. The van der Waals surface area contributed by atoms with E-state index in [0.717, 1.165) is 18.4 Å². The van der Waals surface area contributed by atoms with Crippen LogP contribution in [-0.2, 0) is 11.3 Å². The lowest BCUT2D eigenvalue weighted by Crippen LogP contribution is -2.30. The van der Waals surface area contributed by atoms with Gasteiger partial charge in [0.1, 0.15) is 5.02 Å². The van der Waals surface area contributed by atoms with Crippen LogP contribution in [0.2, 0.25) is 10.0 Å². The summed E-state index contributed by atoms with van der Waals surface area (Å²) in [5.74, 6) is 0.928. The van der Waals surface area contributed by atoms with Gasteiger partial charge in [0.2, 0.25) is 5.91 Å². The largest absolute Gasteiger partial charge is 0.290 e. The third kappa shape index (κ3) is 4.37. The van der Waals surface area contributed by atoms with Crippen molar-refractivity contribution in [2.45, 2.75) is 26.3 Å². The number of benzene rings is 1. The molecule has 1 aliphatic rings. The van der Waals surface area contributed by atoms with Gasteiger partial charge in [-0.1, -0.05) is 66.5 Å². The third-order valence-corrected chi connectivity index (χ3v) is 5.38. The molecule has 1 fully saturated rings. The molecule has 2 heterocycles. The summed E-state index contributed by atoms with van der Waals surface area (Å²) in [5, 5.41) is 6.25. The molecular formula is C17H18Cl2N4OS. The molecule has 1 saturated heterocycles. The van der Waals surface area contributed by atoms with E-state index in [1.807, 2.05) is 24.3 Å². The van der Waals surface area contributed by atoms with E-state index in [1.54, 1.807) is 15.8 Å². The second-order valence-corrected chi connectivity index (χ2v) is 7.43. The van der Waals surface area contributed by atoms with Gasteiger partial charge in [0.25, 0.3) is 0 Å². The smallest absolute Gasteiger partial charge is 0.239 e. The molecule has 1 aromatic heterocycles. The molecule has 0 bridgehead atoms. The predicted molar refractivity (Wildman–Crippen MR) is 104 cm³/mol. The molecule has 8 heteroatoms. The minimum Gasteiger partial charge on any atom is -0.290 e. The molecule has 2 aromatic rings. The summed E-state index contributed by atoms with van der Waals surface area (Å²) in [7, 11) is 0. The Labute approximate surface area is 161 Å². The van der Waals surface area contributed by atoms with Crippen molar-refractivity contribution in [2.75, 3.05) is 12.3 Å². The van der Waals surface area contributed by atoms with E-state index in [4.69, 9.17) is 23.2 Å². The number of amidine groups is 1. The van der Waals surface area contributed by atoms with Crippen molar-refractivity contribution < 1.29 is 4.79 Å². The van der Waals surface area contributed by atoms with Gasteiger partial charge in [-0.15, -0.1) is 0 Å². The van der Waals surface area contributed by atoms with E-state index in [0.29, 0.717) is 39.9 Å². The summed E-state index contributed by atoms with van der Waals surface area (Å²) in [4.78, 5) is 18.2. The maximum absolute atomic E-state index is 12.0. The van der Waals surface area contributed by atoms with Gasteiger partial charge in [0, 0.05) is 17.8 Å². The Morgan fingerprint density at radius 2 is 2.08 bits per heavy atom. The zero-order valence-corrected chi connectivity index (χ0v) is 16.1. The average Bonchev–Trinajstić information content (AvgIpc) is 3.11. The first-order valence-electron chi connectivity index (χ1n) is 8.06. The SMILES string of the molecule is CCCCN1C(=O)CSC1=Nc1nn(Cc2ccccc2Cl)cc1Cl. The van der Waals surface area contributed by atoms with Crippen LogP contribution < -0.4 is 0 Å². The molecule has 0 aliphatic carbocycles. The molecule has 1 aromatic carbocycles. The summed E-state index contributed by atoms with van der Waals surface area (Å²) in [6.07, 6.45) is 3.69. The Morgan fingerprint density at radius 1 is 1.28 bits per heavy atom. The number of carbonyl (C=O) groups excluding carboxylic acids is 1. The molecule has 0 radical (unpaired) electrons. The van der Waals surface area contributed by atoms with E-state index < -0.39 is 0 Å². The van der Waals surface area contributed by atoms with E-state index in [9.17, 15) is 4.79 Å². The quantitative estimate of drug-likeness (QED) is 0.716. The Bertz CT molecular complexity index is 806.